The number of hydrogen-bond donors (Lipinski definition) is 2. The van der Waals surface area contributed by atoms with Crippen LogP contribution in [0.1, 0.15) is 44.9 Å². The van der Waals surface area contributed by atoms with Gasteiger partial charge in [0.1, 0.15) is 6.10 Å². The predicted octanol–water partition coefficient (Wildman–Crippen LogP) is 1.69. The number of rotatable bonds is 3. The molecule has 2 saturated heterocycles. The predicted molar refractivity (Wildman–Crippen MR) is 95.1 cm³/mol. The lowest BCUT2D eigenvalue weighted by Crippen LogP contribution is -2.48. The van der Waals surface area contributed by atoms with E-state index in [0.717, 1.165) is 25.9 Å². The average molecular weight is 370 g/mol. The quantitative estimate of drug-likeness (QED) is 0.585. The molecule has 0 aromatic rings. The van der Waals surface area contributed by atoms with Gasteiger partial charge in [0, 0.05) is 18.5 Å². The number of carbonyl (C=O) groups excluding carboxylic acids is 1. The van der Waals surface area contributed by atoms with Crippen LogP contribution >= 0.6 is 11.6 Å². The second-order valence-corrected chi connectivity index (χ2v) is 8.12. The van der Waals surface area contributed by atoms with Gasteiger partial charge in [0.2, 0.25) is 5.91 Å². The van der Waals surface area contributed by atoms with Crippen molar-refractivity contribution in [2.75, 3.05) is 19.9 Å². The molecule has 4 fully saturated rings. The fourth-order valence-corrected chi connectivity index (χ4v) is 5.03. The standard InChI is InChI=1S/C18H28ClN3O3/c19-13-9-12(10-16-18(13)25-8-7-24-16)5-6-17(23)21-22-11-20-14-3-1-2-4-15(14)22/h5,13-16,18,20H,1-4,6-11H2,(H,21,23)/b12-5+. The third-order valence-electron chi connectivity index (χ3n) is 5.87. The maximum atomic E-state index is 12.4. The van der Waals surface area contributed by atoms with Crippen molar-refractivity contribution in [3.63, 3.8) is 0 Å². The van der Waals surface area contributed by atoms with E-state index in [-0.39, 0.29) is 23.5 Å². The number of ether oxygens (including phenoxy) is 2. The van der Waals surface area contributed by atoms with Gasteiger partial charge in [0.05, 0.1) is 31.4 Å². The van der Waals surface area contributed by atoms with E-state index >= 15 is 0 Å². The minimum absolute atomic E-state index is 0.0136. The monoisotopic (exact) mass is 369 g/mol. The highest BCUT2D eigenvalue weighted by molar-refractivity contribution is 6.21. The van der Waals surface area contributed by atoms with Crippen LogP contribution in [0, 0.1) is 0 Å². The molecule has 0 aromatic heterocycles. The maximum Gasteiger partial charge on any atom is 0.238 e. The molecule has 140 valence electrons. The molecule has 2 aliphatic heterocycles. The minimum atomic E-state index is -0.0702. The number of alkyl halides is 1. The first kappa shape index (κ1) is 17.7. The molecule has 25 heavy (non-hydrogen) atoms. The van der Waals surface area contributed by atoms with Gasteiger partial charge in [-0.05, 0) is 25.7 Å². The van der Waals surface area contributed by atoms with Crippen LogP contribution in [0.15, 0.2) is 11.6 Å². The van der Waals surface area contributed by atoms with E-state index < -0.39 is 0 Å². The Kier molecular flexibility index (Phi) is 5.62. The van der Waals surface area contributed by atoms with Crippen LogP contribution < -0.4 is 10.7 Å². The summed E-state index contributed by atoms with van der Waals surface area (Å²) in [6.45, 7) is 2.00. The first-order valence-electron chi connectivity index (χ1n) is 9.55. The molecule has 2 N–H and O–H groups in total. The Morgan fingerprint density at radius 3 is 3.04 bits per heavy atom. The van der Waals surface area contributed by atoms with Crippen molar-refractivity contribution in [1.82, 2.24) is 15.8 Å². The molecular weight excluding hydrogens is 342 g/mol. The third kappa shape index (κ3) is 4.03. The Hall–Kier alpha value is -0.660. The van der Waals surface area contributed by atoms with Gasteiger partial charge in [-0.3, -0.25) is 15.5 Å². The van der Waals surface area contributed by atoms with Crippen molar-refractivity contribution in [1.29, 1.82) is 0 Å². The number of amides is 1. The van der Waals surface area contributed by atoms with Crippen LogP contribution in [0.3, 0.4) is 0 Å². The molecule has 4 rings (SSSR count). The molecule has 7 heteroatoms. The van der Waals surface area contributed by atoms with Crippen LogP contribution in [-0.2, 0) is 14.3 Å². The zero-order valence-corrected chi connectivity index (χ0v) is 15.3. The van der Waals surface area contributed by atoms with Gasteiger partial charge in [-0.15, -0.1) is 11.6 Å². The molecule has 4 aliphatic rings. The fourth-order valence-electron chi connectivity index (χ4n) is 4.59. The van der Waals surface area contributed by atoms with Crippen LogP contribution in [0.25, 0.3) is 0 Å². The Balaban J connectivity index is 1.28. The lowest BCUT2D eigenvalue weighted by atomic mass is 9.88. The van der Waals surface area contributed by atoms with Gasteiger partial charge in [0.15, 0.2) is 0 Å². The summed E-state index contributed by atoms with van der Waals surface area (Å²) in [7, 11) is 0. The SMILES string of the molecule is O=C(C/C=C1\CC(Cl)C2OCCOC2C1)NN1CNC2CCCCC21. The first-order valence-corrected chi connectivity index (χ1v) is 9.99. The van der Waals surface area contributed by atoms with E-state index in [1.165, 1.54) is 24.8 Å². The van der Waals surface area contributed by atoms with E-state index in [1.54, 1.807) is 0 Å². The summed E-state index contributed by atoms with van der Waals surface area (Å²) in [6, 6.07) is 0.976. The summed E-state index contributed by atoms with van der Waals surface area (Å²) >= 11 is 6.45. The topological polar surface area (TPSA) is 62.8 Å². The van der Waals surface area contributed by atoms with E-state index in [2.05, 4.69) is 15.8 Å². The molecule has 0 radical (unpaired) electrons. The molecule has 2 saturated carbocycles. The molecule has 0 bridgehead atoms. The van der Waals surface area contributed by atoms with E-state index in [0.29, 0.717) is 31.7 Å². The Morgan fingerprint density at radius 1 is 1.28 bits per heavy atom. The van der Waals surface area contributed by atoms with Crippen molar-refractivity contribution in [3.8, 4) is 0 Å². The van der Waals surface area contributed by atoms with Gasteiger partial charge < -0.3 is 9.47 Å². The number of halogens is 1. The lowest BCUT2D eigenvalue weighted by Gasteiger charge is -2.39. The summed E-state index contributed by atoms with van der Waals surface area (Å²) in [6.07, 6.45) is 8.94. The van der Waals surface area contributed by atoms with Crippen molar-refractivity contribution < 1.29 is 14.3 Å². The summed E-state index contributed by atoms with van der Waals surface area (Å²) in [5.41, 5.74) is 4.29. The maximum absolute atomic E-state index is 12.4. The summed E-state index contributed by atoms with van der Waals surface area (Å²) < 4.78 is 11.5. The molecule has 5 atom stereocenters. The molecule has 6 nitrogen and oxygen atoms in total. The molecular formula is C18H28ClN3O3. The average Bonchev–Trinajstić information content (AvgIpc) is 3.03. The van der Waals surface area contributed by atoms with Crippen molar-refractivity contribution >= 4 is 17.5 Å². The number of hydrazine groups is 1. The summed E-state index contributed by atoms with van der Waals surface area (Å²) in [5.74, 6) is 0.0505. The zero-order valence-electron chi connectivity index (χ0n) is 14.6. The van der Waals surface area contributed by atoms with Crippen molar-refractivity contribution in [2.24, 2.45) is 0 Å². The molecule has 0 aromatic carbocycles. The summed E-state index contributed by atoms with van der Waals surface area (Å²) in [5, 5.41) is 5.52. The molecule has 2 heterocycles. The highest BCUT2D eigenvalue weighted by Gasteiger charge is 2.38. The number of hydrogen-bond acceptors (Lipinski definition) is 5. The number of carbonyl (C=O) groups is 1. The fraction of sp³-hybridized carbons (Fsp3) is 0.833. The van der Waals surface area contributed by atoms with Crippen LogP contribution in [-0.4, -0.2) is 60.5 Å². The third-order valence-corrected chi connectivity index (χ3v) is 6.27. The molecule has 5 unspecified atom stereocenters. The minimum Gasteiger partial charge on any atom is -0.373 e. The Morgan fingerprint density at radius 2 is 2.12 bits per heavy atom. The van der Waals surface area contributed by atoms with Gasteiger partial charge in [0.25, 0.3) is 0 Å². The smallest absolute Gasteiger partial charge is 0.238 e. The van der Waals surface area contributed by atoms with Crippen molar-refractivity contribution in [3.05, 3.63) is 11.6 Å². The van der Waals surface area contributed by atoms with E-state index in [1.807, 2.05) is 6.08 Å². The number of fused-ring (bicyclic) bond motifs is 2. The largest absolute Gasteiger partial charge is 0.373 e. The van der Waals surface area contributed by atoms with Crippen molar-refractivity contribution in [2.45, 2.75) is 74.6 Å². The second kappa shape index (κ2) is 7.92. The second-order valence-electron chi connectivity index (χ2n) is 7.56. The Labute approximate surface area is 154 Å². The van der Waals surface area contributed by atoms with Crippen LogP contribution in [0.2, 0.25) is 0 Å². The number of nitrogens with one attached hydrogen (secondary N) is 2. The normalized spacial score (nSPS) is 40.5. The highest BCUT2D eigenvalue weighted by Crippen LogP contribution is 2.33. The Bertz CT molecular complexity index is 530. The lowest BCUT2D eigenvalue weighted by molar-refractivity contribution is -0.145. The number of nitrogens with zero attached hydrogens (tertiary/aromatic N) is 1. The molecule has 1 amide bonds. The molecule has 0 spiro atoms. The first-order chi connectivity index (χ1) is 12.2. The van der Waals surface area contributed by atoms with Crippen LogP contribution in [0.4, 0.5) is 0 Å². The van der Waals surface area contributed by atoms with E-state index in [9.17, 15) is 4.79 Å². The van der Waals surface area contributed by atoms with Gasteiger partial charge in [-0.1, -0.05) is 24.5 Å². The van der Waals surface area contributed by atoms with E-state index in [4.69, 9.17) is 21.1 Å². The van der Waals surface area contributed by atoms with Gasteiger partial charge >= 0.3 is 0 Å². The van der Waals surface area contributed by atoms with Crippen LogP contribution in [0.5, 0.6) is 0 Å². The molecule has 2 aliphatic carbocycles. The van der Waals surface area contributed by atoms with Gasteiger partial charge in [-0.25, -0.2) is 5.01 Å². The van der Waals surface area contributed by atoms with Gasteiger partial charge in [-0.2, -0.15) is 0 Å². The summed E-state index contributed by atoms with van der Waals surface area (Å²) in [4.78, 5) is 12.4. The highest BCUT2D eigenvalue weighted by atomic mass is 35.5. The zero-order chi connectivity index (χ0) is 17.2.